The maximum Gasteiger partial charge on any atom is 0.227 e. The Morgan fingerprint density at radius 3 is 2.71 bits per heavy atom. The van der Waals surface area contributed by atoms with Crippen molar-refractivity contribution in [2.24, 2.45) is 0 Å². The highest BCUT2D eigenvalue weighted by Gasteiger charge is 2.28. The van der Waals surface area contributed by atoms with Crippen molar-refractivity contribution in [3.8, 4) is 11.6 Å². The lowest BCUT2D eigenvalue weighted by molar-refractivity contribution is 0.452. The Labute approximate surface area is 137 Å². The summed E-state index contributed by atoms with van der Waals surface area (Å²) < 4.78 is 6.76. The second kappa shape index (κ2) is 5.81. The first-order valence-corrected chi connectivity index (χ1v) is 7.94. The summed E-state index contributed by atoms with van der Waals surface area (Å²) in [6, 6.07) is 5.41. The van der Waals surface area contributed by atoms with Crippen LogP contribution in [0.25, 0.3) is 0 Å². The summed E-state index contributed by atoms with van der Waals surface area (Å²) in [6.45, 7) is 1.95. The van der Waals surface area contributed by atoms with E-state index in [1.54, 1.807) is 12.1 Å². The maximum absolute atomic E-state index is 5.96. The molecule has 1 aromatic heterocycles. The monoisotopic (exact) mass is 367 g/mol. The zero-order valence-corrected chi connectivity index (χ0v) is 14.1. The molecular weight excluding hydrogens is 354 g/mol. The fourth-order valence-electron chi connectivity index (χ4n) is 2.04. The van der Waals surface area contributed by atoms with Crippen molar-refractivity contribution < 1.29 is 4.74 Å². The molecule has 0 unspecified atom stereocenters. The van der Waals surface area contributed by atoms with Gasteiger partial charge in [-0.05, 0) is 53.9 Å². The quantitative estimate of drug-likeness (QED) is 0.832. The Bertz CT molecular complexity index is 689. The van der Waals surface area contributed by atoms with E-state index >= 15 is 0 Å². The predicted octanol–water partition coefficient (Wildman–Crippen LogP) is 4.91. The summed E-state index contributed by atoms with van der Waals surface area (Å²) in [5, 5.41) is 3.76. The van der Waals surface area contributed by atoms with Crippen LogP contribution < -0.4 is 10.1 Å². The number of anilines is 1. The minimum atomic E-state index is 0.466. The highest BCUT2D eigenvalue weighted by molar-refractivity contribution is 9.10. The van der Waals surface area contributed by atoms with Crippen molar-refractivity contribution >= 4 is 33.3 Å². The summed E-state index contributed by atoms with van der Waals surface area (Å²) in [6.07, 6.45) is 2.30. The van der Waals surface area contributed by atoms with Gasteiger partial charge in [-0.25, -0.2) is 4.98 Å². The van der Waals surface area contributed by atoms with Crippen LogP contribution in [0.5, 0.6) is 11.6 Å². The standard InChI is InChI=1S/C15H15BrClN3O/c1-8-13(18-2)19-14(9-3-4-9)20-15(8)21-12-6-5-10(17)7-11(12)16/h5-7,9H,3-4H2,1-2H3,(H,18,19,20). The number of hydrogen-bond donors (Lipinski definition) is 1. The van der Waals surface area contributed by atoms with Gasteiger partial charge in [0, 0.05) is 18.0 Å². The van der Waals surface area contributed by atoms with Crippen LogP contribution in [0.2, 0.25) is 5.02 Å². The van der Waals surface area contributed by atoms with Crippen molar-refractivity contribution in [3.63, 3.8) is 0 Å². The molecule has 6 heteroatoms. The highest BCUT2D eigenvalue weighted by atomic mass is 79.9. The first kappa shape index (κ1) is 14.6. The molecular formula is C15H15BrClN3O. The van der Waals surface area contributed by atoms with E-state index < -0.39 is 0 Å². The lowest BCUT2D eigenvalue weighted by atomic mass is 10.3. The molecule has 1 fully saturated rings. The average Bonchev–Trinajstić information content (AvgIpc) is 3.28. The Balaban J connectivity index is 1.98. The summed E-state index contributed by atoms with van der Waals surface area (Å²) >= 11 is 9.41. The van der Waals surface area contributed by atoms with Gasteiger partial charge in [-0.2, -0.15) is 4.98 Å². The number of hydrogen-bond acceptors (Lipinski definition) is 4. The topological polar surface area (TPSA) is 47.0 Å². The fourth-order valence-corrected chi connectivity index (χ4v) is 2.81. The van der Waals surface area contributed by atoms with Gasteiger partial charge in [0.05, 0.1) is 10.0 Å². The van der Waals surface area contributed by atoms with Crippen LogP contribution in [-0.4, -0.2) is 17.0 Å². The van der Waals surface area contributed by atoms with Crippen LogP contribution in [0.3, 0.4) is 0 Å². The zero-order chi connectivity index (χ0) is 15.0. The number of aromatic nitrogens is 2. The van der Waals surface area contributed by atoms with E-state index in [4.69, 9.17) is 16.3 Å². The highest BCUT2D eigenvalue weighted by Crippen LogP contribution is 2.41. The lowest BCUT2D eigenvalue weighted by Gasteiger charge is -2.13. The third kappa shape index (κ3) is 3.14. The third-order valence-corrected chi connectivity index (χ3v) is 4.25. The maximum atomic E-state index is 5.96. The zero-order valence-electron chi connectivity index (χ0n) is 11.8. The minimum Gasteiger partial charge on any atom is -0.437 e. The van der Waals surface area contributed by atoms with E-state index in [0.29, 0.717) is 22.6 Å². The first-order chi connectivity index (χ1) is 10.1. The van der Waals surface area contributed by atoms with Gasteiger partial charge < -0.3 is 10.1 Å². The second-order valence-corrected chi connectivity index (χ2v) is 6.35. The molecule has 110 valence electrons. The Kier molecular flexibility index (Phi) is 4.04. The van der Waals surface area contributed by atoms with E-state index in [1.165, 1.54) is 0 Å². The molecule has 4 nitrogen and oxygen atoms in total. The number of nitrogens with zero attached hydrogens (tertiary/aromatic N) is 2. The molecule has 1 aliphatic carbocycles. The molecule has 0 radical (unpaired) electrons. The van der Waals surface area contributed by atoms with Crippen molar-refractivity contribution in [2.75, 3.05) is 12.4 Å². The second-order valence-electron chi connectivity index (χ2n) is 5.06. The van der Waals surface area contributed by atoms with E-state index in [2.05, 4.69) is 31.2 Å². The van der Waals surface area contributed by atoms with Crippen LogP contribution in [0, 0.1) is 6.92 Å². The van der Waals surface area contributed by atoms with Crippen molar-refractivity contribution in [2.45, 2.75) is 25.7 Å². The lowest BCUT2D eigenvalue weighted by Crippen LogP contribution is -2.04. The Morgan fingerprint density at radius 2 is 2.10 bits per heavy atom. The van der Waals surface area contributed by atoms with E-state index in [9.17, 15) is 0 Å². The van der Waals surface area contributed by atoms with Crippen LogP contribution in [0.4, 0.5) is 5.82 Å². The number of rotatable bonds is 4. The first-order valence-electron chi connectivity index (χ1n) is 6.77. The van der Waals surface area contributed by atoms with Crippen LogP contribution in [0.1, 0.15) is 30.1 Å². The number of halogens is 2. The summed E-state index contributed by atoms with van der Waals surface area (Å²) in [5.41, 5.74) is 0.892. The van der Waals surface area contributed by atoms with Gasteiger partial charge in [-0.3, -0.25) is 0 Å². The molecule has 1 heterocycles. The molecule has 21 heavy (non-hydrogen) atoms. The van der Waals surface area contributed by atoms with Crippen LogP contribution in [0.15, 0.2) is 22.7 Å². The molecule has 0 amide bonds. The molecule has 3 rings (SSSR count). The van der Waals surface area contributed by atoms with Gasteiger partial charge in [0.2, 0.25) is 5.88 Å². The van der Waals surface area contributed by atoms with E-state index in [1.807, 2.05) is 20.0 Å². The number of nitrogens with one attached hydrogen (secondary N) is 1. The molecule has 1 N–H and O–H groups in total. The molecule has 1 aromatic carbocycles. The number of ether oxygens (including phenoxy) is 1. The molecule has 1 saturated carbocycles. The molecule has 1 aliphatic rings. The Hall–Kier alpha value is -1.33. The SMILES string of the molecule is CNc1nc(C2CC2)nc(Oc2ccc(Cl)cc2Br)c1C. The summed E-state index contributed by atoms with van der Waals surface area (Å²) in [4.78, 5) is 9.13. The molecule has 2 aromatic rings. The third-order valence-electron chi connectivity index (χ3n) is 3.40. The van der Waals surface area contributed by atoms with E-state index in [-0.39, 0.29) is 0 Å². The smallest absolute Gasteiger partial charge is 0.227 e. The largest absolute Gasteiger partial charge is 0.437 e. The molecule has 0 aliphatic heterocycles. The summed E-state index contributed by atoms with van der Waals surface area (Å²) in [5.74, 6) is 3.40. The molecule has 0 bridgehead atoms. The van der Waals surface area contributed by atoms with Gasteiger partial charge >= 0.3 is 0 Å². The fraction of sp³-hybridized carbons (Fsp3) is 0.333. The minimum absolute atomic E-state index is 0.466. The van der Waals surface area contributed by atoms with Gasteiger partial charge in [0.15, 0.2) is 0 Å². The molecule has 0 spiro atoms. The normalized spacial score (nSPS) is 14.1. The van der Waals surface area contributed by atoms with Crippen molar-refractivity contribution in [1.29, 1.82) is 0 Å². The van der Waals surface area contributed by atoms with Gasteiger partial charge in [0.1, 0.15) is 17.4 Å². The number of benzene rings is 1. The van der Waals surface area contributed by atoms with Gasteiger partial charge in [-0.15, -0.1) is 0 Å². The summed E-state index contributed by atoms with van der Waals surface area (Å²) in [7, 11) is 1.86. The van der Waals surface area contributed by atoms with Crippen LogP contribution >= 0.6 is 27.5 Å². The Morgan fingerprint density at radius 1 is 1.33 bits per heavy atom. The average molecular weight is 369 g/mol. The van der Waals surface area contributed by atoms with Crippen molar-refractivity contribution in [3.05, 3.63) is 39.1 Å². The van der Waals surface area contributed by atoms with Gasteiger partial charge in [-0.1, -0.05) is 11.6 Å². The van der Waals surface area contributed by atoms with Crippen molar-refractivity contribution in [1.82, 2.24) is 9.97 Å². The predicted molar refractivity (Wildman–Crippen MR) is 87.5 cm³/mol. The van der Waals surface area contributed by atoms with E-state index in [0.717, 1.165) is 34.5 Å². The van der Waals surface area contributed by atoms with Crippen LogP contribution in [-0.2, 0) is 0 Å². The molecule has 0 atom stereocenters. The van der Waals surface area contributed by atoms with Gasteiger partial charge in [0.25, 0.3) is 0 Å². The molecule has 0 saturated heterocycles.